The van der Waals surface area contributed by atoms with Crippen molar-refractivity contribution in [3.8, 4) is 0 Å². The van der Waals surface area contributed by atoms with Crippen molar-refractivity contribution in [3.05, 3.63) is 42.2 Å². The summed E-state index contributed by atoms with van der Waals surface area (Å²) in [6.45, 7) is 0.971. The maximum Gasteiger partial charge on any atom is 0.249 e. The molecule has 146 valence electrons. The van der Waals surface area contributed by atoms with Crippen molar-refractivity contribution >= 4 is 15.7 Å². The SMILES string of the molecule is Cn1cnnc1S(=O)(=O)C1CCN(C(=O)CCCCc2ccccc2)CC1. The first kappa shape index (κ1) is 19.5. The Labute approximate surface area is 160 Å². The fourth-order valence-corrected chi connectivity index (χ4v) is 5.24. The highest BCUT2D eigenvalue weighted by atomic mass is 32.2. The van der Waals surface area contributed by atoms with Crippen LogP contribution in [0.4, 0.5) is 0 Å². The van der Waals surface area contributed by atoms with Crippen molar-refractivity contribution < 1.29 is 13.2 Å². The Balaban J connectivity index is 1.43. The van der Waals surface area contributed by atoms with E-state index in [4.69, 9.17) is 0 Å². The van der Waals surface area contributed by atoms with Gasteiger partial charge in [0.25, 0.3) is 0 Å². The maximum atomic E-state index is 12.7. The number of amides is 1. The number of aryl methyl sites for hydroxylation is 2. The molecule has 3 rings (SSSR count). The molecular weight excluding hydrogens is 364 g/mol. The molecule has 0 bridgehead atoms. The molecule has 2 aromatic rings. The van der Waals surface area contributed by atoms with Crippen molar-refractivity contribution in [1.29, 1.82) is 0 Å². The fourth-order valence-electron chi connectivity index (χ4n) is 3.50. The Morgan fingerprint density at radius 3 is 2.48 bits per heavy atom. The number of unbranched alkanes of at least 4 members (excludes halogenated alkanes) is 1. The number of nitrogens with zero attached hydrogens (tertiary/aromatic N) is 4. The minimum Gasteiger partial charge on any atom is -0.343 e. The Hall–Kier alpha value is -2.22. The van der Waals surface area contributed by atoms with Crippen LogP contribution in [0.3, 0.4) is 0 Å². The third kappa shape index (κ3) is 4.74. The van der Waals surface area contributed by atoms with E-state index in [1.54, 1.807) is 11.9 Å². The van der Waals surface area contributed by atoms with Gasteiger partial charge in [-0.3, -0.25) is 4.79 Å². The van der Waals surface area contributed by atoms with Gasteiger partial charge >= 0.3 is 0 Å². The van der Waals surface area contributed by atoms with Crippen molar-refractivity contribution in [2.45, 2.75) is 48.9 Å². The number of hydrogen-bond donors (Lipinski definition) is 0. The number of benzene rings is 1. The molecule has 8 heteroatoms. The summed E-state index contributed by atoms with van der Waals surface area (Å²) in [5.74, 6) is 0.123. The van der Waals surface area contributed by atoms with Gasteiger partial charge in [0.2, 0.25) is 20.9 Å². The highest BCUT2D eigenvalue weighted by molar-refractivity contribution is 7.91. The molecule has 0 spiro atoms. The van der Waals surface area contributed by atoms with Crippen molar-refractivity contribution in [3.63, 3.8) is 0 Å². The van der Waals surface area contributed by atoms with Gasteiger partial charge in [0, 0.05) is 26.6 Å². The second-order valence-corrected chi connectivity index (χ2v) is 9.16. The minimum atomic E-state index is -3.50. The lowest BCUT2D eigenvalue weighted by molar-refractivity contribution is -0.132. The molecule has 1 amide bonds. The topological polar surface area (TPSA) is 85.2 Å². The quantitative estimate of drug-likeness (QED) is 0.675. The number of piperidine rings is 1. The molecule has 1 aromatic heterocycles. The summed E-state index contributed by atoms with van der Waals surface area (Å²) in [7, 11) is -1.87. The zero-order valence-electron chi connectivity index (χ0n) is 15.6. The number of hydrogen-bond acceptors (Lipinski definition) is 5. The molecule has 0 atom stereocenters. The summed E-state index contributed by atoms with van der Waals surface area (Å²) in [5.41, 5.74) is 1.29. The van der Waals surface area contributed by atoms with E-state index in [1.807, 2.05) is 18.2 Å². The van der Waals surface area contributed by atoms with Gasteiger partial charge in [-0.05, 0) is 37.7 Å². The Kier molecular flexibility index (Phi) is 6.26. The molecule has 7 nitrogen and oxygen atoms in total. The smallest absolute Gasteiger partial charge is 0.249 e. The molecule has 0 N–H and O–H groups in total. The number of likely N-dealkylation sites (tertiary alicyclic amines) is 1. The highest BCUT2D eigenvalue weighted by Gasteiger charge is 2.35. The first-order chi connectivity index (χ1) is 13.0. The van der Waals surface area contributed by atoms with Crippen LogP contribution in [0.15, 0.2) is 41.8 Å². The molecule has 0 radical (unpaired) electrons. The van der Waals surface area contributed by atoms with E-state index in [-0.39, 0.29) is 11.1 Å². The van der Waals surface area contributed by atoms with Gasteiger partial charge in [-0.1, -0.05) is 30.3 Å². The van der Waals surface area contributed by atoms with Crippen LogP contribution in [0, 0.1) is 0 Å². The van der Waals surface area contributed by atoms with Crippen molar-refractivity contribution in [2.24, 2.45) is 7.05 Å². The van der Waals surface area contributed by atoms with Gasteiger partial charge in [-0.25, -0.2) is 8.42 Å². The van der Waals surface area contributed by atoms with Gasteiger partial charge in [-0.2, -0.15) is 0 Å². The van der Waals surface area contributed by atoms with Gasteiger partial charge in [0.1, 0.15) is 6.33 Å². The third-order valence-electron chi connectivity index (χ3n) is 5.11. The molecule has 0 aliphatic carbocycles. The number of carbonyl (C=O) groups excluding carboxylic acids is 1. The number of aromatic nitrogens is 3. The summed E-state index contributed by atoms with van der Waals surface area (Å²) in [6.07, 6.45) is 5.62. The monoisotopic (exact) mass is 390 g/mol. The Bertz CT molecular complexity index is 856. The molecule has 2 heterocycles. The first-order valence-corrected chi connectivity index (χ1v) is 10.9. The van der Waals surface area contributed by atoms with Gasteiger partial charge in [0.15, 0.2) is 0 Å². The second kappa shape index (κ2) is 8.65. The second-order valence-electron chi connectivity index (χ2n) is 7.04. The lowest BCUT2D eigenvalue weighted by Gasteiger charge is -2.31. The van der Waals surface area contributed by atoms with Crippen molar-refractivity contribution in [1.82, 2.24) is 19.7 Å². The van der Waals surface area contributed by atoms with Crippen LogP contribution >= 0.6 is 0 Å². The zero-order valence-corrected chi connectivity index (χ0v) is 16.4. The molecule has 0 saturated carbocycles. The molecule has 0 unspecified atom stereocenters. The van der Waals surface area contributed by atoms with Crippen LogP contribution in [0.2, 0.25) is 0 Å². The average molecular weight is 391 g/mol. The van der Waals surface area contributed by atoms with E-state index in [2.05, 4.69) is 22.3 Å². The normalized spacial score (nSPS) is 15.8. The predicted molar refractivity (Wildman–Crippen MR) is 102 cm³/mol. The van der Waals surface area contributed by atoms with E-state index < -0.39 is 15.1 Å². The van der Waals surface area contributed by atoms with Gasteiger partial charge in [-0.15, -0.1) is 10.2 Å². The molecule has 1 aliphatic rings. The largest absolute Gasteiger partial charge is 0.343 e. The van der Waals surface area contributed by atoms with Crippen LogP contribution < -0.4 is 0 Å². The van der Waals surface area contributed by atoms with E-state index in [9.17, 15) is 13.2 Å². The zero-order chi connectivity index (χ0) is 19.3. The van der Waals surface area contributed by atoms with E-state index in [0.29, 0.717) is 32.4 Å². The average Bonchev–Trinajstić information content (AvgIpc) is 3.13. The van der Waals surface area contributed by atoms with E-state index >= 15 is 0 Å². The van der Waals surface area contributed by atoms with Crippen molar-refractivity contribution in [2.75, 3.05) is 13.1 Å². The Morgan fingerprint density at radius 1 is 1.15 bits per heavy atom. The van der Waals surface area contributed by atoms with Crippen LogP contribution in [-0.4, -0.2) is 52.3 Å². The molecule has 1 aromatic carbocycles. The number of sulfone groups is 1. The standard InChI is InChI=1S/C19H26N4O3S/c1-22-15-20-21-19(22)27(25,26)17-11-13-23(14-12-17)18(24)10-6-5-9-16-7-3-2-4-8-16/h2-4,7-8,15,17H,5-6,9-14H2,1H3. The summed E-state index contributed by atoms with van der Waals surface area (Å²) in [4.78, 5) is 14.2. The van der Waals surface area contributed by atoms with E-state index in [0.717, 1.165) is 19.3 Å². The molecule has 1 fully saturated rings. The summed E-state index contributed by atoms with van der Waals surface area (Å²) in [6, 6.07) is 10.3. The van der Waals surface area contributed by atoms with Crippen LogP contribution in [-0.2, 0) is 28.1 Å². The predicted octanol–water partition coefficient (Wildman–Crippen LogP) is 1.99. The summed E-state index contributed by atoms with van der Waals surface area (Å²) in [5, 5.41) is 6.90. The lowest BCUT2D eigenvalue weighted by Crippen LogP contribution is -2.42. The lowest BCUT2D eigenvalue weighted by atomic mass is 10.1. The van der Waals surface area contributed by atoms with E-state index in [1.165, 1.54) is 16.5 Å². The van der Waals surface area contributed by atoms with Crippen LogP contribution in [0.5, 0.6) is 0 Å². The molecule has 27 heavy (non-hydrogen) atoms. The first-order valence-electron chi connectivity index (χ1n) is 9.38. The van der Waals surface area contributed by atoms with Crippen LogP contribution in [0.25, 0.3) is 0 Å². The molecule has 1 saturated heterocycles. The minimum absolute atomic E-state index is 0.00758. The number of rotatable bonds is 7. The summed E-state index contributed by atoms with van der Waals surface area (Å²) < 4.78 is 26.8. The molecule has 1 aliphatic heterocycles. The van der Waals surface area contributed by atoms with Gasteiger partial charge < -0.3 is 9.47 Å². The summed E-state index contributed by atoms with van der Waals surface area (Å²) >= 11 is 0. The Morgan fingerprint density at radius 2 is 1.85 bits per heavy atom. The number of carbonyl (C=O) groups is 1. The maximum absolute atomic E-state index is 12.7. The van der Waals surface area contributed by atoms with Gasteiger partial charge in [0.05, 0.1) is 5.25 Å². The van der Waals surface area contributed by atoms with Crippen LogP contribution in [0.1, 0.15) is 37.7 Å². The fraction of sp³-hybridized carbons (Fsp3) is 0.526. The third-order valence-corrected chi connectivity index (χ3v) is 7.33. The highest BCUT2D eigenvalue weighted by Crippen LogP contribution is 2.23. The molecular formula is C19H26N4O3S.